The van der Waals surface area contributed by atoms with Crippen LogP contribution in [0.15, 0.2) is 42.7 Å². The van der Waals surface area contributed by atoms with E-state index in [0.717, 1.165) is 5.56 Å². The standard InChI is InChI=1S/C19H22FN3O3/c1-21-6-5-15(13-21)11-18(24)22-7-9-23(10-8-22)19(25)14-26-17-4-2-3-16(20)12-17/h2-6,12-13H,7-11,14H2,1H3. The number of nitrogens with zero attached hydrogens (tertiary/aromatic N) is 3. The number of piperazine rings is 1. The first-order chi connectivity index (χ1) is 12.5. The lowest BCUT2D eigenvalue weighted by molar-refractivity contribution is -0.140. The molecule has 0 saturated carbocycles. The van der Waals surface area contributed by atoms with Crippen molar-refractivity contribution in [2.75, 3.05) is 32.8 Å². The number of ether oxygens (including phenoxy) is 1. The number of rotatable bonds is 5. The molecular formula is C19H22FN3O3. The molecule has 0 aliphatic carbocycles. The number of hydrogen-bond acceptors (Lipinski definition) is 3. The second kappa shape index (κ2) is 8.03. The van der Waals surface area contributed by atoms with Gasteiger partial charge in [0.2, 0.25) is 5.91 Å². The Balaban J connectivity index is 1.44. The number of amides is 2. The molecule has 3 rings (SSSR count). The fourth-order valence-corrected chi connectivity index (χ4v) is 2.95. The highest BCUT2D eigenvalue weighted by Crippen LogP contribution is 2.13. The molecule has 1 aromatic carbocycles. The van der Waals surface area contributed by atoms with Gasteiger partial charge in [0, 0.05) is 51.7 Å². The summed E-state index contributed by atoms with van der Waals surface area (Å²) in [5.74, 6) is -0.167. The summed E-state index contributed by atoms with van der Waals surface area (Å²) in [7, 11) is 1.92. The first-order valence-corrected chi connectivity index (χ1v) is 8.56. The highest BCUT2D eigenvalue weighted by atomic mass is 19.1. The third-order valence-electron chi connectivity index (χ3n) is 4.39. The van der Waals surface area contributed by atoms with Crippen LogP contribution >= 0.6 is 0 Å². The molecule has 26 heavy (non-hydrogen) atoms. The molecule has 7 heteroatoms. The fourth-order valence-electron chi connectivity index (χ4n) is 2.95. The van der Waals surface area contributed by atoms with Crippen molar-refractivity contribution in [1.82, 2.24) is 14.4 Å². The van der Waals surface area contributed by atoms with Gasteiger partial charge in [0.05, 0.1) is 6.42 Å². The zero-order valence-electron chi connectivity index (χ0n) is 14.7. The molecule has 0 radical (unpaired) electrons. The van der Waals surface area contributed by atoms with E-state index in [1.54, 1.807) is 15.9 Å². The van der Waals surface area contributed by atoms with Gasteiger partial charge in [0.1, 0.15) is 11.6 Å². The molecule has 2 heterocycles. The van der Waals surface area contributed by atoms with Crippen molar-refractivity contribution in [3.63, 3.8) is 0 Å². The highest BCUT2D eigenvalue weighted by Gasteiger charge is 2.24. The molecule has 0 bridgehead atoms. The van der Waals surface area contributed by atoms with E-state index in [1.165, 1.54) is 18.2 Å². The molecule has 0 unspecified atom stereocenters. The Labute approximate surface area is 151 Å². The monoisotopic (exact) mass is 359 g/mol. The normalized spacial score (nSPS) is 14.4. The van der Waals surface area contributed by atoms with Gasteiger partial charge in [-0.2, -0.15) is 0 Å². The van der Waals surface area contributed by atoms with Crippen molar-refractivity contribution in [3.8, 4) is 5.75 Å². The first kappa shape index (κ1) is 18.0. The Hall–Kier alpha value is -2.83. The SMILES string of the molecule is Cn1ccc(CC(=O)N2CCN(C(=O)COc3cccc(F)c3)CC2)c1. The van der Waals surface area contributed by atoms with E-state index in [0.29, 0.717) is 38.3 Å². The minimum Gasteiger partial charge on any atom is -0.484 e. The number of benzene rings is 1. The van der Waals surface area contributed by atoms with Gasteiger partial charge in [-0.15, -0.1) is 0 Å². The lowest BCUT2D eigenvalue weighted by Gasteiger charge is -2.34. The summed E-state index contributed by atoms with van der Waals surface area (Å²) in [6, 6.07) is 7.64. The second-order valence-electron chi connectivity index (χ2n) is 6.37. The van der Waals surface area contributed by atoms with Gasteiger partial charge in [-0.3, -0.25) is 9.59 Å². The van der Waals surface area contributed by atoms with E-state index in [1.807, 2.05) is 30.1 Å². The van der Waals surface area contributed by atoms with Crippen LogP contribution in [0.4, 0.5) is 4.39 Å². The summed E-state index contributed by atoms with van der Waals surface area (Å²) in [4.78, 5) is 28.0. The van der Waals surface area contributed by atoms with Crippen LogP contribution in [0.3, 0.4) is 0 Å². The molecule has 1 aliphatic rings. The zero-order chi connectivity index (χ0) is 18.5. The minimum atomic E-state index is -0.402. The van der Waals surface area contributed by atoms with Gasteiger partial charge < -0.3 is 19.1 Å². The van der Waals surface area contributed by atoms with Crippen LogP contribution < -0.4 is 4.74 Å². The molecule has 0 N–H and O–H groups in total. The second-order valence-corrected chi connectivity index (χ2v) is 6.37. The topological polar surface area (TPSA) is 54.8 Å². The van der Waals surface area contributed by atoms with Crippen molar-refractivity contribution in [2.45, 2.75) is 6.42 Å². The Morgan fingerprint density at radius 3 is 2.38 bits per heavy atom. The molecule has 0 atom stereocenters. The Morgan fingerprint density at radius 2 is 1.77 bits per heavy atom. The number of hydrogen-bond donors (Lipinski definition) is 0. The number of carbonyl (C=O) groups is 2. The van der Waals surface area contributed by atoms with E-state index < -0.39 is 5.82 Å². The molecule has 138 valence electrons. The number of carbonyl (C=O) groups excluding carboxylic acids is 2. The Kier molecular flexibility index (Phi) is 5.55. The molecule has 0 spiro atoms. The lowest BCUT2D eigenvalue weighted by atomic mass is 10.2. The summed E-state index contributed by atoms with van der Waals surface area (Å²) >= 11 is 0. The predicted molar refractivity (Wildman–Crippen MR) is 94.2 cm³/mol. The lowest BCUT2D eigenvalue weighted by Crippen LogP contribution is -2.52. The summed E-state index contributed by atoms with van der Waals surface area (Å²) in [5.41, 5.74) is 0.986. The third kappa shape index (κ3) is 4.62. The minimum absolute atomic E-state index is 0.0688. The maximum absolute atomic E-state index is 13.1. The van der Waals surface area contributed by atoms with Crippen LogP contribution in [-0.2, 0) is 23.1 Å². The summed E-state index contributed by atoms with van der Waals surface area (Å²) in [6.07, 6.45) is 4.22. The smallest absolute Gasteiger partial charge is 0.260 e. The van der Waals surface area contributed by atoms with Crippen molar-refractivity contribution in [3.05, 3.63) is 54.1 Å². The van der Waals surface area contributed by atoms with E-state index in [4.69, 9.17) is 4.74 Å². The average Bonchev–Trinajstić information content (AvgIpc) is 3.04. The Bertz CT molecular complexity index is 782. The van der Waals surface area contributed by atoms with E-state index >= 15 is 0 Å². The molecule has 1 fully saturated rings. The number of aromatic nitrogens is 1. The van der Waals surface area contributed by atoms with E-state index in [-0.39, 0.29) is 18.4 Å². The summed E-state index contributed by atoms with van der Waals surface area (Å²) < 4.78 is 20.4. The first-order valence-electron chi connectivity index (χ1n) is 8.56. The molecule has 1 saturated heterocycles. The van der Waals surface area contributed by atoms with Crippen LogP contribution in [0.5, 0.6) is 5.75 Å². The molecule has 1 aliphatic heterocycles. The van der Waals surface area contributed by atoms with Crippen molar-refractivity contribution in [2.24, 2.45) is 7.05 Å². The maximum Gasteiger partial charge on any atom is 0.260 e. The zero-order valence-corrected chi connectivity index (χ0v) is 14.7. The highest BCUT2D eigenvalue weighted by molar-refractivity contribution is 5.80. The third-order valence-corrected chi connectivity index (χ3v) is 4.39. The quantitative estimate of drug-likeness (QED) is 0.812. The largest absolute Gasteiger partial charge is 0.484 e. The van der Waals surface area contributed by atoms with Crippen molar-refractivity contribution >= 4 is 11.8 Å². The van der Waals surface area contributed by atoms with Gasteiger partial charge in [0.25, 0.3) is 5.91 Å². The maximum atomic E-state index is 13.1. The fraction of sp³-hybridized carbons (Fsp3) is 0.368. The van der Waals surface area contributed by atoms with Crippen LogP contribution in [0, 0.1) is 5.82 Å². The van der Waals surface area contributed by atoms with Crippen LogP contribution in [0.1, 0.15) is 5.56 Å². The van der Waals surface area contributed by atoms with E-state index in [9.17, 15) is 14.0 Å². The van der Waals surface area contributed by atoms with Crippen LogP contribution in [-0.4, -0.2) is 59.0 Å². The molecule has 2 aromatic rings. The van der Waals surface area contributed by atoms with Gasteiger partial charge >= 0.3 is 0 Å². The van der Waals surface area contributed by atoms with E-state index in [2.05, 4.69) is 0 Å². The van der Waals surface area contributed by atoms with Gasteiger partial charge in [0.15, 0.2) is 6.61 Å². The van der Waals surface area contributed by atoms with Crippen LogP contribution in [0.2, 0.25) is 0 Å². The summed E-state index contributed by atoms with van der Waals surface area (Å²) in [6.45, 7) is 1.84. The summed E-state index contributed by atoms with van der Waals surface area (Å²) in [5, 5.41) is 0. The van der Waals surface area contributed by atoms with Crippen molar-refractivity contribution in [1.29, 1.82) is 0 Å². The molecule has 6 nitrogen and oxygen atoms in total. The van der Waals surface area contributed by atoms with Gasteiger partial charge in [-0.05, 0) is 23.8 Å². The number of halogens is 1. The Morgan fingerprint density at radius 1 is 1.08 bits per heavy atom. The average molecular weight is 359 g/mol. The molecule has 2 amide bonds. The number of aryl methyl sites for hydroxylation is 1. The van der Waals surface area contributed by atoms with Gasteiger partial charge in [-0.25, -0.2) is 4.39 Å². The predicted octanol–water partition coefficient (Wildman–Crippen LogP) is 1.46. The van der Waals surface area contributed by atoms with Gasteiger partial charge in [-0.1, -0.05) is 6.07 Å². The van der Waals surface area contributed by atoms with Crippen molar-refractivity contribution < 1.29 is 18.7 Å². The molecule has 1 aromatic heterocycles. The van der Waals surface area contributed by atoms with Crippen LogP contribution in [0.25, 0.3) is 0 Å². The molecular weight excluding hydrogens is 337 g/mol.